The van der Waals surface area contributed by atoms with Crippen LogP contribution in [0.3, 0.4) is 0 Å². The normalized spacial score (nSPS) is 15.3. The van der Waals surface area contributed by atoms with E-state index in [1.165, 1.54) is 0 Å². The van der Waals surface area contributed by atoms with E-state index in [9.17, 15) is 8.42 Å². The molecule has 2 heterocycles. The van der Waals surface area contributed by atoms with Gasteiger partial charge in [0.05, 0.1) is 23.2 Å². The fourth-order valence-electron chi connectivity index (χ4n) is 3.92. The molecule has 1 aliphatic heterocycles. The molecular formula is C23H28N4O3S. The summed E-state index contributed by atoms with van der Waals surface area (Å²) in [7, 11) is -1.83. The molecule has 8 heteroatoms. The Kier molecular flexibility index (Phi) is 6.70. The molecule has 7 nitrogen and oxygen atoms in total. The number of hydrogen-bond donors (Lipinski definition) is 1. The number of rotatable bonds is 8. The van der Waals surface area contributed by atoms with Gasteiger partial charge in [0.15, 0.2) is 0 Å². The van der Waals surface area contributed by atoms with E-state index in [4.69, 9.17) is 4.74 Å². The van der Waals surface area contributed by atoms with Gasteiger partial charge in [-0.15, -0.1) is 0 Å². The summed E-state index contributed by atoms with van der Waals surface area (Å²) in [6.07, 6.45) is 2.47. The fraction of sp³-hybridized carbons (Fsp3) is 0.348. The largest absolute Gasteiger partial charge is 0.495 e. The van der Waals surface area contributed by atoms with Crippen molar-refractivity contribution >= 4 is 26.6 Å². The summed E-state index contributed by atoms with van der Waals surface area (Å²) in [6.45, 7) is 5.03. The minimum Gasteiger partial charge on any atom is -0.495 e. The number of pyridine rings is 1. The Balaban J connectivity index is 1.24. The van der Waals surface area contributed by atoms with Crippen LogP contribution in [0, 0.1) is 0 Å². The number of benzene rings is 2. The van der Waals surface area contributed by atoms with Crippen molar-refractivity contribution < 1.29 is 13.2 Å². The molecule has 0 unspecified atom stereocenters. The zero-order valence-electron chi connectivity index (χ0n) is 17.7. The number of fused-ring (bicyclic) bond motifs is 1. The van der Waals surface area contributed by atoms with Gasteiger partial charge in [0.1, 0.15) is 5.75 Å². The second-order valence-electron chi connectivity index (χ2n) is 7.61. The lowest BCUT2D eigenvalue weighted by Crippen LogP contribution is -2.47. The van der Waals surface area contributed by atoms with Gasteiger partial charge in [0.2, 0.25) is 10.0 Å². The molecule has 31 heavy (non-hydrogen) atoms. The minimum atomic E-state index is -3.53. The van der Waals surface area contributed by atoms with Crippen LogP contribution in [0.4, 0.5) is 5.69 Å². The average molecular weight is 441 g/mol. The molecule has 4 rings (SSSR count). The maximum Gasteiger partial charge on any atom is 0.240 e. The molecule has 1 saturated heterocycles. The van der Waals surface area contributed by atoms with Crippen LogP contribution in [0.2, 0.25) is 0 Å². The van der Waals surface area contributed by atoms with E-state index in [2.05, 4.69) is 25.6 Å². The molecule has 0 amide bonds. The molecule has 164 valence electrons. The first-order chi connectivity index (χ1) is 15.1. The number of hydrogen-bond acceptors (Lipinski definition) is 6. The Labute approximate surface area is 183 Å². The standard InChI is InChI=1S/C23H28N4O3S/c1-30-23-8-3-2-7-22(23)27-16-14-26(15-17-27)13-5-12-25-31(28,29)20-9-10-21-19(18-20)6-4-11-24-21/h2-4,6-11,18,25H,5,12-17H2,1H3. The number of ether oxygens (including phenoxy) is 1. The van der Waals surface area contributed by atoms with Gasteiger partial charge in [-0.2, -0.15) is 0 Å². The molecule has 0 radical (unpaired) electrons. The number of aromatic nitrogens is 1. The molecule has 0 aliphatic carbocycles. The van der Waals surface area contributed by atoms with Crippen molar-refractivity contribution in [2.24, 2.45) is 0 Å². The van der Waals surface area contributed by atoms with Gasteiger partial charge >= 0.3 is 0 Å². The number of anilines is 1. The van der Waals surface area contributed by atoms with Gasteiger partial charge < -0.3 is 9.64 Å². The molecule has 1 N–H and O–H groups in total. The first kappa shape index (κ1) is 21.5. The molecular weight excluding hydrogens is 412 g/mol. The maximum atomic E-state index is 12.6. The first-order valence-electron chi connectivity index (χ1n) is 10.5. The van der Waals surface area contributed by atoms with Crippen LogP contribution in [0.25, 0.3) is 10.9 Å². The van der Waals surface area contributed by atoms with Gasteiger partial charge in [-0.1, -0.05) is 18.2 Å². The van der Waals surface area contributed by atoms with E-state index in [0.717, 1.165) is 61.5 Å². The Bertz CT molecular complexity index is 1130. The lowest BCUT2D eigenvalue weighted by atomic mass is 10.2. The van der Waals surface area contributed by atoms with E-state index >= 15 is 0 Å². The quantitative estimate of drug-likeness (QED) is 0.543. The number of methoxy groups -OCH3 is 1. The summed E-state index contributed by atoms with van der Waals surface area (Å²) in [5.41, 5.74) is 1.91. The molecule has 2 aromatic carbocycles. The summed E-state index contributed by atoms with van der Waals surface area (Å²) in [6, 6.07) is 16.8. The molecule has 0 bridgehead atoms. The molecule has 1 fully saturated rings. The summed E-state index contributed by atoms with van der Waals surface area (Å²) >= 11 is 0. The SMILES string of the molecule is COc1ccccc1N1CCN(CCCNS(=O)(=O)c2ccc3ncccc3c2)CC1. The van der Waals surface area contributed by atoms with Gasteiger partial charge in [-0.25, -0.2) is 13.1 Å². The van der Waals surface area contributed by atoms with Gasteiger partial charge in [-0.05, 0) is 49.4 Å². The molecule has 3 aromatic rings. The zero-order valence-corrected chi connectivity index (χ0v) is 18.5. The highest BCUT2D eigenvalue weighted by Crippen LogP contribution is 2.28. The van der Waals surface area contributed by atoms with Crippen molar-refractivity contribution in [3.8, 4) is 5.75 Å². The fourth-order valence-corrected chi connectivity index (χ4v) is 5.03. The highest BCUT2D eigenvalue weighted by Gasteiger charge is 2.19. The van der Waals surface area contributed by atoms with Crippen LogP contribution in [0.15, 0.2) is 65.7 Å². The first-order valence-corrected chi connectivity index (χ1v) is 12.0. The van der Waals surface area contributed by atoms with Crippen LogP contribution in [-0.2, 0) is 10.0 Å². The molecule has 0 saturated carbocycles. The van der Waals surface area contributed by atoms with Gasteiger partial charge in [-0.3, -0.25) is 9.88 Å². The lowest BCUT2D eigenvalue weighted by Gasteiger charge is -2.36. The van der Waals surface area contributed by atoms with Crippen molar-refractivity contribution in [3.63, 3.8) is 0 Å². The van der Waals surface area contributed by atoms with Crippen molar-refractivity contribution in [2.45, 2.75) is 11.3 Å². The Morgan fingerprint density at radius 2 is 1.84 bits per heavy atom. The minimum absolute atomic E-state index is 0.276. The van der Waals surface area contributed by atoms with E-state index in [0.29, 0.717) is 6.54 Å². The lowest BCUT2D eigenvalue weighted by molar-refractivity contribution is 0.254. The van der Waals surface area contributed by atoms with Crippen LogP contribution in [0.1, 0.15) is 6.42 Å². The van der Waals surface area contributed by atoms with Crippen LogP contribution in [-0.4, -0.2) is 64.7 Å². The second kappa shape index (κ2) is 9.64. The van der Waals surface area contributed by atoms with Gasteiger partial charge in [0, 0.05) is 44.3 Å². The summed E-state index contributed by atoms with van der Waals surface area (Å²) in [5.74, 6) is 0.898. The molecule has 0 spiro atoms. The van der Waals surface area contributed by atoms with E-state index in [1.54, 1.807) is 37.6 Å². The monoisotopic (exact) mass is 440 g/mol. The predicted octanol–water partition coefficient (Wildman–Crippen LogP) is 2.73. The second-order valence-corrected chi connectivity index (χ2v) is 9.38. The number of sulfonamides is 1. The van der Waals surface area contributed by atoms with Crippen LogP contribution in [0.5, 0.6) is 5.75 Å². The average Bonchev–Trinajstić information content (AvgIpc) is 2.82. The van der Waals surface area contributed by atoms with Gasteiger partial charge in [0.25, 0.3) is 0 Å². The highest BCUT2D eigenvalue weighted by molar-refractivity contribution is 7.89. The summed E-state index contributed by atoms with van der Waals surface area (Å²) in [4.78, 5) is 9.23. The highest BCUT2D eigenvalue weighted by atomic mass is 32.2. The van der Waals surface area contributed by atoms with E-state index in [1.807, 2.05) is 24.3 Å². The number of nitrogens with zero attached hydrogens (tertiary/aromatic N) is 3. The smallest absolute Gasteiger partial charge is 0.240 e. The number of nitrogens with one attached hydrogen (secondary N) is 1. The number of piperazine rings is 1. The Morgan fingerprint density at radius 3 is 2.65 bits per heavy atom. The van der Waals surface area contributed by atoms with Crippen LogP contribution >= 0.6 is 0 Å². The Morgan fingerprint density at radius 1 is 1.03 bits per heavy atom. The van der Waals surface area contributed by atoms with Crippen molar-refractivity contribution in [1.29, 1.82) is 0 Å². The van der Waals surface area contributed by atoms with Crippen molar-refractivity contribution in [1.82, 2.24) is 14.6 Å². The third-order valence-corrected chi connectivity index (χ3v) is 7.08. The molecule has 1 aliphatic rings. The summed E-state index contributed by atoms with van der Waals surface area (Å²) < 4.78 is 33.4. The number of para-hydroxylation sites is 2. The maximum absolute atomic E-state index is 12.6. The Hall–Kier alpha value is -2.68. The van der Waals surface area contributed by atoms with Crippen molar-refractivity contribution in [2.75, 3.05) is 51.3 Å². The zero-order chi connectivity index (χ0) is 21.7. The molecule has 1 aromatic heterocycles. The third kappa shape index (κ3) is 5.15. The third-order valence-electron chi connectivity index (χ3n) is 5.63. The summed E-state index contributed by atoms with van der Waals surface area (Å²) in [5, 5.41) is 0.818. The van der Waals surface area contributed by atoms with E-state index in [-0.39, 0.29) is 4.90 Å². The van der Waals surface area contributed by atoms with Crippen LogP contribution < -0.4 is 14.4 Å². The van der Waals surface area contributed by atoms with E-state index < -0.39 is 10.0 Å². The topological polar surface area (TPSA) is 74.8 Å². The molecule has 0 atom stereocenters. The predicted molar refractivity (Wildman–Crippen MR) is 123 cm³/mol. The van der Waals surface area contributed by atoms with Crippen molar-refractivity contribution in [3.05, 3.63) is 60.8 Å².